The molecule has 3 N–H and O–H groups in total. The molecule has 0 radical (unpaired) electrons. The highest BCUT2D eigenvalue weighted by atomic mass is 35.5. The lowest BCUT2D eigenvalue weighted by atomic mass is 9.70. The molecular formula is C30H36ClN3O5S. The van der Waals surface area contributed by atoms with E-state index in [0.29, 0.717) is 48.8 Å². The number of carbonyl (C=O) groups is 3. The molecule has 3 amide bonds. The average Bonchev–Trinajstić information content (AvgIpc) is 3.57. The Morgan fingerprint density at radius 1 is 1.12 bits per heavy atom. The first-order valence-electron chi connectivity index (χ1n) is 14.0. The van der Waals surface area contributed by atoms with Crippen LogP contribution >= 0.6 is 23.4 Å². The van der Waals surface area contributed by atoms with Crippen molar-refractivity contribution in [2.24, 2.45) is 11.8 Å². The fourth-order valence-electron chi connectivity index (χ4n) is 6.57. The zero-order chi connectivity index (χ0) is 28.4. The van der Waals surface area contributed by atoms with Crippen molar-refractivity contribution in [1.29, 1.82) is 0 Å². The Hall–Kier alpha value is -2.75. The highest BCUT2D eigenvalue weighted by Crippen LogP contribution is 2.66. The number of ether oxygens (including phenoxy) is 1. The molecule has 5 atom stereocenters. The van der Waals surface area contributed by atoms with Crippen LogP contribution < -0.4 is 15.4 Å². The van der Waals surface area contributed by atoms with Crippen molar-refractivity contribution in [3.63, 3.8) is 0 Å². The number of carbonyl (C=O) groups excluding carboxylic acids is 3. The Balaban J connectivity index is 1.42. The molecule has 3 aliphatic heterocycles. The van der Waals surface area contributed by atoms with Gasteiger partial charge in [0, 0.05) is 24.1 Å². The molecular weight excluding hydrogens is 550 g/mol. The smallest absolute Gasteiger partial charge is 0.248 e. The molecule has 214 valence electrons. The number of aliphatic hydroxyl groups is 1. The first kappa shape index (κ1) is 28.8. The minimum absolute atomic E-state index is 0.0365. The summed E-state index contributed by atoms with van der Waals surface area (Å²) in [6.07, 6.45) is 3.51. The van der Waals surface area contributed by atoms with E-state index >= 15 is 0 Å². The van der Waals surface area contributed by atoms with Crippen LogP contribution in [0.4, 0.5) is 11.4 Å². The Kier molecular flexibility index (Phi) is 8.63. The number of anilines is 2. The summed E-state index contributed by atoms with van der Waals surface area (Å²) in [7, 11) is 0. The van der Waals surface area contributed by atoms with E-state index in [1.807, 2.05) is 38.1 Å². The van der Waals surface area contributed by atoms with Gasteiger partial charge in [-0.3, -0.25) is 14.4 Å². The number of fused-ring (bicyclic) bond motifs is 1. The number of aliphatic hydroxyl groups excluding tert-OH is 1. The molecule has 3 fully saturated rings. The van der Waals surface area contributed by atoms with Crippen LogP contribution in [0.5, 0.6) is 5.75 Å². The summed E-state index contributed by atoms with van der Waals surface area (Å²) in [5.74, 6) is -0.987. The summed E-state index contributed by atoms with van der Waals surface area (Å²) in [6.45, 7) is 4.83. The second-order valence-corrected chi connectivity index (χ2v) is 12.7. The van der Waals surface area contributed by atoms with E-state index in [-0.39, 0.29) is 29.6 Å². The molecule has 0 saturated carbocycles. The number of nitrogens with one attached hydrogen (secondary N) is 2. The molecule has 0 aliphatic carbocycles. The number of hydrogen-bond acceptors (Lipinski definition) is 6. The molecule has 8 nitrogen and oxygen atoms in total. The Morgan fingerprint density at radius 2 is 1.90 bits per heavy atom. The van der Waals surface area contributed by atoms with Gasteiger partial charge in [-0.2, -0.15) is 0 Å². The Labute approximate surface area is 244 Å². The van der Waals surface area contributed by atoms with Gasteiger partial charge in [0.2, 0.25) is 17.7 Å². The molecule has 2 bridgehead atoms. The van der Waals surface area contributed by atoms with Crippen molar-refractivity contribution >= 4 is 52.5 Å². The molecule has 10 heteroatoms. The Bertz CT molecular complexity index is 1250. The van der Waals surface area contributed by atoms with Crippen molar-refractivity contribution in [3.05, 3.63) is 53.1 Å². The van der Waals surface area contributed by atoms with Gasteiger partial charge in [0.1, 0.15) is 11.8 Å². The number of rotatable bonds is 11. The fourth-order valence-corrected chi connectivity index (χ4v) is 9.06. The monoisotopic (exact) mass is 585 g/mol. The van der Waals surface area contributed by atoms with Crippen LogP contribution in [0.25, 0.3) is 0 Å². The minimum Gasteiger partial charge on any atom is -0.494 e. The zero-order valence-electron chi connectivity index (χ0n) is 22.8. The van der Waals surface area contributed by atoms with E-state index in [9.17, 15) is 19.5 Å². The van der Waals surface area contributed by atoms with Gasteiger partial charge in [-0.05, 0) is 81.8 Å². The van der Waals surface area contributed by atoms with Crippen molar-refractivity contribution in [2.75, 3.05) is 30.4 Å². The largest absolute Gasteiger partial charge is 0.494 e. The van der Waals surface area contributed by atoms with E-state index in [0.717, 1.165) is 24.2 Å². The van der Waals surface area contributed by atoms with Crippen LogP contribution in [0.1, 0.15) is 44.6 Å². The molecule has 2 aromatic carbocycles. The van der Waals surface area contributed by atoms with Crippen LogP contribution in [-0.2, 0) is 14.4 Å². The van der Waals surface area contributed by atoms with E-state index in [1.165, 1.54) is 0 Å². The third-order valence-corrected chi connectivity index (χ3v) is 10.6. The third kappa shape index (κ3) is 5.19. The first-order chi connectivity index (χ1) is 19.3. The predicted octanol–water partition coefficient (Wildman–Crippen LogP) is 4.88. The molecule has 1 spiro atoms. The van der Waals surface area contributed by atoms with Crippen LogP contribution in [0.15, 0.2) is 42.5 Å². The van der Waals surface area contributed by atoms with E-state index in [4.69, 9.17) is 16.3 Å². The van der Waals surface area contributed by atoms with Crippen molar-refractivity contribution in [1.82, 2.24) is 4.90 Å². The van der Waals surface area contributed by atoms with Gasteiger partial charge < -0.3 is 25.4 Å². The first-order valence-corrected chi connectivity index (χ1v) is 15.3. The number of hydrogen-bond donors (Lipinski definition) is 3. The SMILES string of the molecule is CCOc1ccc(NC(=O)[C@@H]2[C@H]3C(=O)N(CCCCCO)C(C(=O)Nc4c(C)cccc4Cl)C34CC[C@H]2S4)cc1. The summed E-state index contributed by atoms with van der Waals surface area (Å²) in [5, 5.41) is 15.7. The number of amides is 3. The van der Waals surface area contributed by atoms with E-state index < -0.39 is 22.6 Å². The van der Waals surface area contributed by atoms with Crippen LogP contribution in [0.2, 0.25) is 5.02 Å². The van der Waals surface area contributed by atoms with Crippen LogP contribution in [-0.4, -0.2) is 63.5 Å². The molecule has 40 heavy (non-hydrogen) atoms. The molecule has 0 aromatic heterocycles. The second-order valence-electron chi connectivity index (χ2n) is 10.7. The van der Waals surface area contributed by atoms with Crippen molar-refractivity contribution in [3.8, 4) is 5.75 Å². The topological polar surface area (TPSA) is 108 Å². The number of thioether (sulfide) groups is 1. The average molecular weight is 586 g/mol. The highest BCUT2D eigenvalue weighted by molar-refractivity contribution is 8.02. The highest BCUT2D eigenvalue weighted by Gasteiger charge is 2.73. The van der Waals surface area contributed by atoms with Gasteiger partial charge in [0.25, 0.3) is 0 Å². The lowest BCUT2D eigenvalue weighted by Crippen LogP contribution is -2.51. The van der Waals surface area contributed by atoms with Crippen molar-refractivity contribution in [2.45, 2.75) is 62.0 Å². The van der Waals surface area contributed by atoms with Gasteiger partial charge in [-0.15, -0.1) is 11.8 Å². The number of aryl methyl sites for hydroxylation is 1. The zero-order valence-corrected chi connectivity index (χ0v) is 24.4. The van der Waals surface area contributed by atoms with Gasteiger partial charge in [-0.25, -0.2) is 0 Å². The standard InChI is InChI=1S/C30H36ClN3O5S/c1-3-39-20-12-10-19(11-13-20)32-27(36)23-22-14-15-30(40-22)24(23)29(38)34(16-5-4-6-17-35)26(30)28(37)33-25-18(2)8-7-9-21(25)31/h7-13,22-24,26,35H,3-6,14-17H2,1-2H3,(H,32,36)(H,33,37)/t22-,23+,24+,26?,30?/m1/s1. The summed E-state index contributed by atoms with van der Waals surface area (Å²) in [4.78, 5) is 43.5. The molecule has 3 heterocycles. The molecule has 3 aliphatic rings. The summed E-state index contributed by atoms with van der Waals surface area (Å²) in [6, 6.07) is 11.9. The Morgan fingerprint density at radius 3 is 2.60 bits per heavy atom. The van der Waals surface area contributed by atoms with Gasteiger partial charge in [0.05, 0.1) is 33.9 Å². The van der Waals surface area contributed by atoms with Gasteiger partial charge in [0.15, 0.2) is 0 Å². The van der Waals surface area contributed by atoms with Gasteiger partial charge >= 0.3 is 0 Å². The summed E-state index contributed by atoms with van der Waals surface area (Å²) < 4.78 is 4.82. The lowest BCUT2D eigenvalue weighted by Gasteiger charge is -2.34. The number of unbranched alkanes of at least 4 members (excludes halogenated alkanes) is 2. The van der Waals surface area contributed by atoms with Crippen molar-refractivity contribution < 1.29 is 24.2 Å². The van der Waals surface area contributed by atoms with Gasteiger partial charge in [-0.1, -0.05) is 23.7 Å². The lowest BCUT2D eigenvalue weighted by molar-refractivity contribution is -0.138. The molecule has 2 aromatic rings. The third-order valence-electron chi connectivity index (χ3n) is 8.31. The molecule has 3 saturated heterocycles. The summed E-state index contributed by atoms with van der Waals surface area (Å²) >= 11 is 8.07. The number of para-hydroxylation sites is 1. The number of likely N-dealkylation sites (tertiary alicyclic amines) is 1. The predicted molar refractivity (Wildman–Crippen MR) is 158 cm³/mol. The number of halogens is 1. The maximum absolute atomic E-state index is 14.1. The maximum Gasteiger partial charge on any atom is 0.248 e. The quantitative estimate of drug-likeness (QED) is 0.325. The minimum atomic E-state index is -0.715. The summed E-state index contributed by atoms with van der Waals surface area (Å²) in [5.41, 5.74) is 2.03. The van der Waals surface area contributed by atoms with E-state index in [1.54, 1.807) is 34.9 Å². The number of nitrogens with zero attached hydrogens (tertiary/aromatic N) is 1. The maximum atomic E-state index is 14.1. The normalized spacial score (nSPS) is 26.6. The second kappa shape index (κ2) is 12.0. The van der Waals surface area contributed by atoms with Crippen LogP contribution in [0.3, 0.4) is 0 Å². The van der Waals surface area contributed by atoms with E-state index in [2.05, 4.69) is 10.6 Å². The number of benzene rings is 2. The fraction of sp³-hybridized carbons (Fsp3) is 0.500. The molecule has 2 unspecified atom stereocenters. The van der Waals surface area contributed by atoms with Crippen LogP contribution in [0, 0.1) is 18.8 Å². The molecule has 5 rings (SSSR count).